The van der Waals surface area contributed by atoms with E-state index in [1.807, 2.05) is 24.5 Å². The predicted molar refractivity (Wildman–Crippen MR) is 103 cm³/mol. The molecule has 4 rings (SSSR count). The number of pyridine rings is 2. The number of rotatable bonds is 4. The maximum absolute atomic E-state index is 11.5. The third-order valence-corrected chi connectivity index (χ3v) is 4.90. The molecule has 0 atom stereocenters. The first-order chi connectivity index (χ1) is 12.7. The van der Waals surface area contributed by atoms with Gasteiger partial charge in [-0.25, -0.2) is 4.98 Å². The highest BCUT2D eigenvalue weighted by Gasteiger charge is 2.21. The molecule has 1 amide bonds. The van der Waals surface area contributed by atoms with Gasteiger partial charge in [0, 0.05) is 48.7 Å². The van der Waals surface area contributed by atoms with Crippen molar-refractivity contribution < 1.29 is 4.79 Å². The maximum atomic E-state index is 11.5. The van der Waals surface area contributed by atoms with Crippen LogP contribution in [0.1, 0.15) is 12.8 Å². The predicted octanol–water partition coefficient (Wildman–Crippen LogP) is 2.90. The van der Waals surface area contributed by atoms with E-state index in [1.54, 1.807) is 12.4 Å². The standard InChI is InChI=1S/C20H21N5O/c1-2-19(26)24-15-5-9-25(10-6-15)16-11-17-18(13-23-20(17)22-12-16)14-3-7-21-8-4-14/h2-4,7-8,11-13,15H,1,5-6,9-10H2,(H,22,23)(H,24,26). The summed E-state index contributed by atoms with van der Waals surface area (Å²) >= 11 is 0. The molecule has 2 N–H and O–H groups in total. The second kappa shape index (κ2) is 7.00. The molecule has 0 aliphatic carbocycles. The van der Waals surface area contributed by atoms with Crippen LogP contribution < -0.4 is 10.2 Å². The van der Waals surface area contributed by atoms with Crippen LogP contribution in [0.3, 0.4) is 0 Å². The van der Waals surface area contributed by atoms with E-state index in [4.69, 9.17) is 0 Å². The van der Waals surface area contributed by atoms with Crippen molar-refractivity contribution in [2.45, 2.75) is 18.9 Å². The smallest absolute Gasteiger partial charge is 0.243 e. The first-order valence-electron chi connectivity index (χ1n) is 8.80. The lowest BCUT2D eigenvalue weighted by atomic mass is 10.0. The number of nitrogens with one attached hydrogen (secondary N) is 2. The summed E-state index contributed by atoms with van der Waals surface area (Å²) < 4.78 is 0. The number of fused-ring (bicyclic) bond motifs is 1. The van der Waals surface area contributed by atoms with Gasteiger partial charge in [-0.05, 0) is 42.7 Å². The van der Waals surface area contributed by atoms with Crippen LogP contribution in [-0.2, 0) is 4.79 Å². The number of carbonyl (C=O) groups excluding carboxylic acids is 1. The molecule has 4 heterocycles. The van der Waals surface area contributed by atoms with Gasteiger partial charge < -0.3 is 15.2 Å². The van der Waals surface area contributed by atoms with Crippen molar-refractivity contribution >= 4 is 22.6 Å². The molecule has 0 saturated carbocycles. The van der Waals surface area contributed by atoms with E-state index in [0.717, 1.165) is 53.8 Å². The number of hydrogen-bond acceptors (Lipinski definition) is 4. The third-order valence-electron chi connectivity index (χ3n) is 4.90. The van der Waals surface area contributed by atoms with Crippen molar-refractivity contribution in [1.82, 2.24) is 20.3 Å². The first-order valence-corrected chi connectivity index (χ1v) is 8.80. The molecule has 0 spiro atoms. The minimum atomic E-state index is -0.0964. The molecule has 6 nitrogen and oxygen atoms in total. The Kier molecular flexibility index (Phi) is 4.39. The summed E-state index contributed by atoms with van der Waals surface area (Å²) in [4.78, 5) is 25.7. The molecule has 3 aromatic heterocycles. The molecular formula is C20H21N5O. The van der Waals surface area contributed by atoms with E-state index in [-0.39, 0.29) is 11.9 Å². The maximum Gasteiger partial charge on any atom is 0.243 e. The van der Waals surface area contributed by atoms with Crippen molar-refractivity contribution in [2.24, 2.45) is 0 Å². The van der Waals surface area contributed by atoms with Gasteiger partial charge in [-0.3, -0.25) is 9.78 Å². The van der Waals surface area contributed by atoms with Gasteiger partial charge in [0.1, 0.15) is 5.65 Å². The lowest BCUT2D eigenvalue weighted by Crippen LogP contribution is -2.44. The van der Waals surface area contributed by atoms with Gasteiger partial charge in [-0.15, -0.1) is 0 Å². The fourth-order valence-electron chi connectivity index (χ4n) is 3.48. The molecule has 0 aromatic carbocycles. The average molecular weight is 347 g/mol. The molecule has 0 radical (unpaired) electrons. The lowest BCUT2D eigenvalue weighted by Gasteiger charge is -2.33. The molecule has 1 fully saturated rings. The van der Waals surface area contributed by atoms with Gasteiger partial charge in [-0.1, -0.05) is 6.58 Å². The fraction of sp³-hybridized carbons (Fsp3) is 0.250. The average Bonchev–Trinajstić information content (AvgIpc) is 3.12. The van der Waals surface area contributed by atoms with Gasteiger partial charge in [0.05, 0.1) is 11.9 Å². The van der Waals surface area contributed by atoms with E-state index in [9.17, 15) is 4.79 Å². The highest BCUT2D eigenvalue weighted by Crippen LogP contribution is 2.30. The lowest BCUT2D eigenvalue weighted by molar-refractivity contribution is -0.117. The zero-order valence-corrected chi connectivity index (χ0v) is 14.5. The summed E-state index contributed by atoms with van der Waals surface area (Å²) in [7, 11) is 0. The van der Waals surface area contributed by atoms with E-state index < -0.39 is 0 Å². The zero-order chi connectivity index (χ0) is 17.9. The highest BCUT2D eigenvalue weighted by atomic mass is 16.1. The van der Waals surface area contributed by atoms with Crippen LogP contribution in [0, 0.1) is 0 Å². The van der Waals surface area contributed by atoms with Crippen LogP contribution in [-0.4, -0.2) is 40.0 Å². The molecule has 0 unspecified atom stereocenters. The van der Waals surface area contributed by atoms with Gasteiger partial charge in [0.15, 0.2) is 0 Å². The quantitative estimate of drug-likeness (QED) is 0.712. The summed E-state index contributed by atoms with van der Waals surface area (Å²) in [6, 6.07) is 6.41. The molecule has 3 aromatic rings. The number of H-pyrrole nitrogens is 1. The normalized spacial score (nSPS) is 15.2. The Labute approximate surface area is 152 Å². The number of piperidine rings is 1. The first kappa shape index (κ1) is 16.3. The summed E-state index contributed by atoms with van der Waals surface area (Å²) in [6.07, 6.45) is 10.7. The molecule has 1 aliphatic rings. The second-order valence-corrected chi connectivity index (χ2v) is 6.50. The van der Waals surface area contributed by atoms with Crippen LogP contribution in [0.5, 0.6) is 0 Å². The molecule has 26 heavy (non-hydrogen) atoms. The Morgan fingerprint density at radius 1 is 1.31 bits per heavy atom. The van der Waals surface area contributed by atoms with Crippen LogP contribution in [0.25, 0.3) is 22.2 Å². The molecule has 1 saturated heterocycles. The van der Waals surface area contributed by atoms with Crippen molar-refractivity contribution in [3.05, 3.63) is 55.6 Å². The summed E-state index contributed by atoms with van der Waals surface area (Å²) in [5, 5.41) is 4.09. The van der Waals surface area contributed by atoms with Gasteiger partial charge in [0.2, 0.25) is 5.91 Å². The Morgan fingerprint density at radius 3 is 2.81 bits per heavy atom. The van der Waals surface area contributed by atoms with E-state index in [1.165, 1.54) is 6.08 Å². The number of aromatic amines is 1. The zero-order valence-electron chi connectivity index (χ0n) is 14.5. The minimum absolute atomic E-state index is 0.0964. The third kappa shape index (κ3) is 3.18. The monoisotopic (exact) mass is 347 g/mol. The van der Waals surface area contributed by atoms with Gasteiger partial charge in [-0.2, -0.15) is 0 Å². The SMILES string of the molecule is C=CC(=O)NC1CCN(c2cnc3[nH]cc(-c4ccncc4)c3c2)CC1. The van der Waals surface area contributed by atoms with E-state index >= 15 is 0 Å². The number of nitrogens with zero attached hydrogens (tertiary/aromatic N) is 3. The number of aromatic nitrogens is 3. The Hall–Kier alpha value is -3.15. The van der Waals surface area contributed by atoms with Crippen LogP contribution >= 0.6 is 0 Å². The van der Waals surface area contributed by atoms with E-state index in [2.05, 4.69) is 37.8 Å². The van der Waals surface area contributed by atoms with Gasteiger partial charge >= 0.3 is 0 Å². The molecular weight excluding hydrogens is 326 g/mol. The summed E-state index contributed by atoms with van der Waals surface area (Å²) in [5.74, 6) is -0.0964. The van der Waals surface area contributed by atoms with Crippen molar-refractivity contribution in [3.63, 3.8) is 0 Å². The van der Waals surface area contributed by atoms with Crippen molar-refractivity contribution in [1.29, 1.82) is 0 Å². The second-order valence-electron chi connectivity index (χ2n) is 6.50. The van der Waals surface area contributed by atoms with Crippen LogP contribution in [0.15, 0.2) is 55.6 Å². The molecule has 6 heteroatoms. The van der Waals surface area contributed by atoms with Crippen molar-refractivity contribution in [2.75, 3.05) is 18.0 Å². The minimum Gasteiger partial charge on any atom is -0.370 e. The largest absolute Gasteiger partial charge is 0.370 e. The Bertz CT molecular complexity index is 926. The fourth-order valence-corrected chi connectivity index (χ4v) is 3.48. The number of hydrogen-bond donors (Lipinski definition) is 2. The van der Waals surface area contributed by atoms with E-state index in [0.29, 0.717) is 0 Å². The van der Waals surface area contributed by atoms with Gasteiger partial charge in [0.25, 0.3) is 0 Å². The topological polar surface area (TPSA) is 73.9 Å². The summed E-state index contributed by atoms with van der Waals surface area (Å²) in [5.41, 5.74) is 4.25. The number of anilines is 1. The molecule has 1 aliphatic heterocycles. The number of carbonyl (C=O) groups is 1. The summed E-state index contributed by atoms with van der Waals surface area (Å²) in [6.45, 7) is 5.29. The molecule has 132 valence electrons. The Morgan fingerprint density at radius 2 is 2.08 bits per heavy atom. The number of amides is 1. The van der Waals surface area contributed by atoms with Crippen molar-refractivity contribution in [3.8, 4) is 11.1 Å². The molecule has 0 bridgehead atoms. The highest BCUT2D eigenvalue weighted by molar-refractivity contribution is 5.95. The van der Waals surface area contributed by atoms with Crippen LogP contribution in [0.4, 0.5) is 5.69 Å². The Balaban J connectivity index is 1.55. The van der Waals surface area contributed by atoms with Crippen LogP contribution in [0.2, 0.25) is 0 Å².